The molecule has 2 heterocycles. The smallest absolute Gasteiger partial charge is 0.0961 e. The summed E-state index contributed by atoms with van der Waals surface area (Å²) in [4.78, 5) is 1.24. The Kier molecular flexibility index (Phi) is 5.32. The van der Waals surface area contributed by atoms with Gasteiger partial charge in [0.25, 0.3) is 0 Å². The molecule has 4 nitrogen and oxygen atoms in total. The van der Waals surface area contributed by atoms with Crippen molar-refractivity contribution in [1.82, 2.24) is 5.32 Å². The minimum atomic E-state index is -1.04. The lowest BCUT2D eigenvalue weighted by Crippen LogP contribution is -2.51. The van der Waals surface area contributed by atoms with Crippen molar-refractivity contribution in [3.63, 3.8) is 0 Å². The first kappa shape index (κ1) is 16.6. The van der Waals surface area contributed by atoms with E-state index in [1.807, 2.05) is 23.9 Å². The number of halogens is 1. The predicted molar refractivity (Wildman–Crippen MR) is 88.5 cm³/mol. The highest BCUT2D eigenvalue weighted by molar-refractivity contribution is 7.99. The molecule has 3 rings (SSSR count). The first-order chi connectivity index (χ1) is 10.6. The van der Waals surface area contributed by atoms with Crippen LogP contribution in [0, 0.1) is 0 Å². The SMILES string of the molecule is OC(CNC1CCSc2ccc(Cl)cc21)C1(O)CCOCC1. The predicted octanol–water partition coefficient (Wildman–Crippen LogP) is 2.37. The third-order valence-electron chi connectivity index (χ3n) is 4.55. The Bertz CT molecular complexity index is 522. The number of nitrogens with one attached hydrogen (secondary N) is 1. The quantitative estimate of drug-likeness (QED) is 0.783. The van der Waals surface area contributed by atoms with Crippen LogP contribution < -0.4 is 5.32 Å². The molecule has 0 saturated carbocycles. The van der Waals surface area contributed by atoms with E-state index in [4.69, 9.17) is 16.3 Å². The van der Waals surface area contributed by atoms with Gasteiger partial charge in [0.2, 0.25) is 0 Å². The van der Waals surface area contributed by atoms with Crippen LogP contribution in [0.1, 0.15) is 30.9 Å². The van der Waals surface area contributed by atoms with Gasteiger partial charge in [0.1, 0.15) is 0 Å². The molecule has 0 amide bonds. The third kappa shape index (κ3) is 3.61. The van der Waals surface area contributed by atoms with Crippen molar-refractivity contribution in [2.24, 2.45) is 0 Å². The van der Waals surface area contributed by atoms with Gasteiger partial charge in [-0.2, -0.15) is 0 Å². The molecule has 2 aliphatic heterocycles. The van der Waals surface area contributed by atoms with E-state index in [1.54, 1.807) is 0 Å². The summed E-state index contributed by atoms with van der Waals surface area (Å²) in [7, 11) is 0. The second kappa shape index (κ2) is 7.07. The number of hydrogen-bond donors (Lipinski definition) is 3. The number of rotatable bonds is 4. The molecule has 2 atom stereocenters. The van der Waals surface area contributed by atoms with Gasteiger partial charge in [-0.05, 0) is 35.9 Å². The molecular formula is C16H22ClNO3S. The summed E-state index contributed by atoms with van der Waals surface area (Å²) in [6, 6.07) is 6.14. The Hall–Kier alpha value is -0.300. The zero-order valence-corrected chi connectivity index (χ0v) is 14.0. The maximum absolute atomic E-state index is 10.5. The topological polar surface area (TPSA) is 61.7 Å². The summed E-state index contributed by atoms with van der Waals surface area (Å²) < 4.78 is 5.26. The molecule has 0 radical (unpaired) electrons. The molecule has 6 heteroatoms. The van der Waals surface area contributed by atoms with E-state index in [1.165, 1.54) is 10.5 Å². The molecule has 0 spiro atoms. The van der Waals surface area contributed by atoms with Crippen LogP contribution in [-0.2, 0) is 4.74 Å². The van der Waals surface area contributed by atoms with Crippen LogP contribution >= 0.6 is 23.4 Å². The second-order valence-electron chi connectivity index (χ2n) is 6.01. The standard InChI is InChI=1S/C16H22ClNO3S/c17-11-1-2-14-12(9-11)13(3-8-22-14)18-10-15(19)16(20)4-6-21-7-5-16/h1-2,9,13,15,18-20H,3-8,10H2. The fourth-order valence-electron chi connectivity index (χ4n) is 3.08. The molecule has 3 N–H and O–H groups in total. The minimum absolute atomic E-state index is 0.174. The van der Waals surface area contributed by atoms with E-state index in [0.29, 0.717) is 32.6 Å². The van der Waals surface area contributed by atoms with Crippen molar-refractivity contribution in [3.8, 4) is 0 Å². The monoisotopic (exact) mass is 343 g/mol. The second-order valence-corrected chi connectivity index (χ2v) is 7.59. The molecular weight excluding hydrogens is 322 g/mol. The number of ether oxygens (including phenoxy) is 1. The molecule has 1 aromatic carbocycles. The molecule has 2 aliphatic rings. The van der Waals surface area contributed by atoms with E-state index in [2.05, 4.69) is 11.4 Å². The molecule has 0 aliphatic carbocycles. The van der Waals surface area contributed by atoms with Crippen LogP contribution in [0.5, 0.6) is 0 Å². The summed E-state index contributed by atoms with van der Waals surface area (Å²) in [5.41, 5.74) is 0.154. The Morgan fingerprint density at radius 2 is 2.18 bits per heavy atom. The lowest BCUT2D eigenvalue weighted by atomic mass is 9.88. The minimum Gasteiger partial charge on any atom is -0.389 e. The average Bonchev–Trinajstić information content (AvgIpc) is 2.53. The van der Waals surface area contributed by atoms with Gasteiger partial charge in [-0.25, -0.2) is 0 Å². The molecule has 2 unspecified atom stereocenters. The Morgan fingerprint density at radius 3 is 2.95 bits per heavy atom. The van der Waals surface area contributed by atoms with Crippen molar-refractivity contribution in [3.05, 3.63) is 28.8 Å². The van der Waals surface area contributed by atoms with Gasteiger partial charge in [-0.3, -0.25) is 0 Å². The molecule has 0 aromatic heterocycles. The first-order valence-corrected chi connectivity index (χ1v) is 9.09. The van der Waals surface area contributed by atoms with Crippen molar-refractivity contribution in [2.75, 3.05) is 25.5 Å². The molecule has 122 valence electrons. The van der Waals surface area contributed by atoms with Crippen LogP contribution in [0.25, 0.3) is 0 Å². The van der Waals surface area contributed by atoms with Gasteiger partial charge in [0.05, 0.1) is 11.7 Å². The molecule has 1 fully saturated rings. The van der Waals surface area contributed by atoms with E-state index >= 15 is 0 Å². The summed E-state index contributed by atoms with van der Waals surface area (Å²) in [6.45, 7) is 1.38. The highest BCUT2D eigenvalue weighted by Gasteiger charge is 2.37. The number of thioether (sulfide) groups is 1. The van der Waals surface area contributed by atoms with Crippen molar-refractivity contribution >= 4 is 23.4 Å². The summed E-state index contributed by atoms with van der Waals surface area (Å²) in [6.07, 6.45) is 1.18. The number of aliphatic hydroxyl groups is 2. The third-order valence-corrected chi connectivity index (χ3v) is 5.91. The van der Waals surface area contributed by atoms with E-state index < -0.39 is 11.7 Å². The number of benzene rings is 1. The van der Waals surface area contributed by atoms with Gasteiger partial charge in [0, 0.05) is 48.6 Å². The van der Waals surface area contributed by atoms with Crippen LogP contribution in [-0.4, -0.2) is 47.4 Å². The summed E-state index contributed by atoms with van der Waals surface area (Å²) in [5, 5.41) is 25.0. The summed E-state index contributed by atoms with van der Waals surface area (Å²) in [5.74, 6) is 1.04. The van der Waals surface area contributed by atoms with Crippen LogP contribution in [0.2, 0.25) is 5.02 Å². The van der Waals surface area contributed by atoms with Gasteiger partial charge in [-0.1, -0.05) is 11.6 Å². The van der Waals surface area contributed by atoms with E-state index in [9.17, 15) is 10.2 Å². The Balaban J connectivity index is 1.64. The van der Waals surface area contributed by atoms with Gasteiger partial charge in [0.15, 0.2) is 0 Å². The molecule has 22 heavy (non-hydrogen) atoms. The number of hydrogen-bond acceptors (Lipinski definition) is 5. The van der Waals surface area contributed by atoms with Gasteiger partial charge in [-0.15, -0.1) is 11.8 Å². The zero-order valence-electron chi connectivity index (χ0n) is 12.4. The van der Waals surface area contributed by atoms with Crippen molar-refractivity contribution < 1.29 is 14.9 Å². The summed E-state index contributed by atoms with van der Waals surface area (Å²) >= 11 is 7.94. The van der Waals surface area contributed by atoms with Crippen molar-refractivity contribution in [1.29, 1.82) is 0 Å². The lowest BCUT2D eigenvalue weighted by molar-refractivity contribution is -0.130. The first-order valence-electron chi connectivity index (χ1n) is 7.72. The fourth-order valence-corrected chi connectivity index (χ4v) is 4.37. The molecule has 0 bridgehead atoms. The van der Waals surface area contributed by atoms with Crippen LogP contribution in [0.4, 0.5) is 0 Å². The number of fused-ring (bicyclic) bond motifs is 1. The Morgan fingerprint density at radius 1 is 1.41 bits per heavy atom. The van der Waals surface area contributed by atoms with Gasteiger partial charge < -0.3 is 20.3 Å². The maximum atomic E-state index is 10.5. The fraction of sp³-hybridized carbons (Fsp3) is 0.625. The van der Waals surface area contributed by atoms with Gasteiger partial charge >= 0.3 is 0 Å². The van der Waals surface area contributed by atoms with Crippen molar-refractivity contribution in [2.45, 2.75) is 41.9 Å². The highest BCUT2D eigenvalue weighted by atomic mass is 35.5. The molecule has 1 saturated heterocycles. The zero-order chi connectivity index (χ0) is 15.6. The largest absolute Gasteiger partial charge is 0.389 e. The van der Waals surface area contributed by atoms with Crippen LogP contribution in [0.3, 0.4) is 0 Å². The number of aliphatic hydroxyl groups excluding tert-OH is 1. The normalized spacial score (nSPS) is 25.5. The Labute approximate surface area is 140 Å². The highest BCUT2D eigenvalue weighted by Crippen LogP contribution is 2.37. The molecule has 1 aromatic rings. The van der Waals surface area contributed by atoms with Crippen LogP contribution in [0.15, 0.2) is 23.1 Å². The lowest BCUT2D eigenvalue weighted by Gasteiger charge is -2.37. The maximum Gasteiger partial charge on any atom is 0.0961 e. The van der Waals surface area contributed by atoms with E-state index in [0.717, 1.165) is 17.2 Å². The average molecular weight is 344 g/mol. The van der Waals surface area contributed by atoms with E-state index in [-0.39, 0.29) is 6.04 Å².